The van der Waals surface area contributed by atoms with Gasteiger partial charge in [0.25, 0.3) is 0 Å². The van der Waals surface area contributed by atoms with E-state index in [1.807, 2.05) is 63.2 Å². The summed E-state index contributed by atoms with van der Waals surface area (Å²) < 4.78 is 25.5. The van der Waals surface area contributed by atoms with Gasteiger partial charge in [0.05, 0.1) is 22.3 Å². The molecule has 4 aromatic heterocycles. The number of para-hydroxylation sites is 3. The van der Waals surface area contributed by atoms with E-state index in [1.54, 1.807) is 12.3 Å². The Balaban J connectivity index is 0.000000178. The maximum Gasteiger partial charge on any atom is 0.128 e. The van der Waals surface area contributed by atoms with Crippen molar-refractivity contribution in [3.05, 3.63) is 163 Å². The van der Waals surface area contributed by atoms with Crippen molar-refractivity contribution in [1.82, 2.24) is 14.4 Å². The third kappa shape index (κ3) is 6.17. The first-order valence-electron chi connectivity index (χ1n) is 18.2. The molecule has 0 atom stereocenters. The van der Waals surface area contributed by atoms with E-state index in [0.29, 0.717) is 5.56 Å². The van der Waals surface area contributed by atoms with Gasteiger partial charge in [0, 0.05) is 45.3 Å². The van der Waals surface area contributed by atoms with Crippen molar-refractivity contribution in [1.29, 1.82) is 0 Å². The zero-order valence-electron chi connectivity index (χ0n) is 30.9. The fourth-order valence-corrected chi connectivity index (χ4v) is 6.94. The molecule has 4 heterocycles. The van der Waals surface area contributed by atoms with Gasteiger partial charge in [0.15, 0.2) is 0 Å². The molecule has 0 unspecified atom stereocenters. The molecule has 0 amide bonds. The predicted octanol–water partition coefficient (Wildman–Crippen LogP) is 12.3. The van der Waals surface area contributed by atoms with Crippen LogP contribution in [0.25, 0.3) is 82.3 Å². The van der Waals surface area contributed by atoms with E-state index in [1.165, 1.54) is 5.39 Å². The Kier molecular flexibility index (Phi) is 8.09. The third-order valence-corrected chi connectivity index (χ3v) is 9.12. The van der Waals surface area contributed by atoms with E-state index >= 15 is 0 Å². The molecule has 0 aliphatic carbocycles. The van der Waals surface area contributed by atoms with Gasteiger partial charge in [-0.3, -0.25) is 4.98 Å². The van der Waals surface area contributed by atoms with Crippen LogP contribution >= 0.6 is 0 Å². The van der Waals surface area contributed by atoms with Gasteiger partial charge in [0.1, 0.15) is 5.58 Å². The first-order valence-corrected chi connectivity index (χ1v) is 17.2. The van der Waals surface area contributed by atoms with Crippen LogP contribution in [0.1, 0.15) is 29.1 Å². The van der Waals surface area contributed by atoms with Gasteiger partial charge in [-0.25, -0.2) is 0 Å². The minimum absolute atomic E-state index is 0. The Labute approximate surface area is 318 Å². The Morgan fingerprint density at radius 2 is 1.44 bits per heavy atom. The summed E-state index contributed by atoms with van der Waals surface area (Å²) in [6.07, 6.45) is 0.258. The van der Waals surface area contributed by atoms with Gasteiger partial charge >= 0.3 is 0 Å². The molecule has 0 saturated carbocycles. The molecule has 10 aromatic rings. The van der Waals surface area contributed by atoms with Gasteiger partial charge in [-0.2, -0.15) is 0 Å². The average Bonchev–Trinajstić information content (AvgIpc) is 3.77. The van der Waals surface area contributed by atoms with E-state index in [-0.39, 0.29) is 20.1 Å². The summed E-state index contributed by atoms with van der Waals surface area (Å²) in [4.78, 5) is 9.38. The van der Waals surface area contributed by atoms with Crippen molar-refractivity contribution in [2.24, 2.45) is 5.41 Å². The number of aromatic nitrogens is 3. The van der Waals surface area contributed by atoms with E-state index in [0.717, 1.165) is 76.9 Å². The van der Waals surface area contributed by atoms with Crippen LogP contribution in [0.3, 0.4) is 0 Å². The predicted molar refractivity (Wildman–Crippen MR) is 212 cm³/mol. The fraction of sp³-hybridized carbons (Fsp3) is 0.106. The molecule has 6 bridgehead atoms. The monoisotopic (exact) mass is 852 g/mol. The van der Waals surface area contributed by atoms with Crippen molar-refractivity contribution in [2.45, 2.75) is 27.1 Å². The molecule has 52 heavy (non-hydrogen) atoms. The first kappa shape index (κ1) is 31.2. The van der Waals surface area contributed by atoms with Crippen LogP contribution in [0.15, 0.2) is 150 Å². The average molecular weight is 852 g/mol. The molecule has 0 fully saturated rings. The molecular formula is C47H35IrN3O-2. The molecular weight excluding hydrogens is 815 g/mol. The molecule has 10 rings (SSSR count). The number of furan rings is 1. The standard InChI is InChI=1S/C31H17N2O.C16H18N.Ir/c1-2-16-28-27(15-1)32-31-26-14-6-13-25-24-12-5-11-23(29(24)34-30(25)26)21-9-3-7-19(17-21)20-8-4-10-22(18-20)33(28)31;1-16(2,3)12-13-9-10-17-15(11-13)14-7-5-4-6-8-14;/h1-13,15-18H;4-7,9-11H,12H2,1-3H3;/q2*-1;/i;12D2;. The quantitative estimate of drug-likeness (QED) is 0.163. The molecule has 1 radical (unpaired) electrons. The zero-order valence-corrected chi connectivity index (χ0v) is 31.3. The van der Waals surface area contributed by atoms with Crippen molar-refractivity contribution >= 4 is 71.1 Å². The fourth-order valence-electron chi connectivity index (χ4n) is 6.94. The van der Waals surface area contributed by atoms with Crippen LogP contribution in [0.4, 0.5) is 0 Å². The van der Waals surface area contributed by atoms with Gasteiger partial charge in [0.2, 0.25) is 0 Å². The molecule has 0 saturated heterocycles. The SMILES string of the molecule is [2H]C([2H])(c1ccnc(-c2[c-]cccc2)c1)C(C)(C)C.[Ir].[c-]1ccc2c3cccc4c5cccc(c5)c5cccc(c5)n5c6ccccc6nc5c1c2oc43. The number of benzene rings is 6. The summed E-state index contributed by atoms with van der Waals surface area (Å²) in [6, 6.07) is 53.8. The van der Waals surface area contributed by atoms with Crippen LogP contribution in [0.5, 0.6) is 0 Å². The van der Waals surface area contributed by atoms with Crippen LogP contribution < -0.4 is 0 Å². The normalized spacial score (nSPS) is 12.5. The molecule has 4 nitrogen and oxygen atoms in total. The number of pyridine rings is 1. The maximum atomic E-state index is 8.31. The topological polar surface area (TPSA) is 43.3 Å². The van der Waals surface area contributed by atoms with Crippen LogP contribution in [0.2, 0.25) is 0 Å². The second-order valence-corrected chi connectivity index (χ2v) is 13.9. The summed E-state index contributed by atoms with van der Waals surface area (Å²) in [6.45, 7) is 5.71. The van der Waals surface area contributed by atoms with E-state index in [2.05, 4.69) is 113 Å². The second-order valence-electron chi connectivity index (χ2n) is 13.9. The van der Waals surface area contributed by atoms with Crippen molar-refractivity contribution < 1.29 is 27.3 Å². The number of fused-ring (bicyclic) bond motifs is 12. The first-order chi connectivity index (χ1) is 25.7. The van der Waals surface area contributed by atoms with E-state index in [4.69, 9.17) is 12.1 Å². The minimum Gasteiger partial charge on any atom is -0.500 e. The number of hydrogen-bond donors (Lipinski definition) is 0. The van der Waals surface area contributed by atoms with E-state index < -0.39 is 11.8 Å². The van der Waals surface area contributed by atoms with Crippen molar-refractivity contribution in [3.63, 3.8) is 0 Å². The summed E-state index contributed by atoms with van der Waals surface area (Å²) in [7, 11) is 0. The van der Waals surface area contributed by atoms with Gasteiger partial charge in [-0.05, 0) is 70.0 Å². The molecule has 0 aliphatic heterocycles. The Bertz CT molecular complexity index is 3040. The Hall–Kier alpha value is -5.61. The third-order valence-electron chi connectivity index (χ3n) is 9.12. The van der Waals surface area contributed by atoms with Gasteiger partial charge in [-0.1, -0.05) is 104 Å². The molecule has 5 heteroatoms. The van der Waals surface area contributed by atoms with Crippen LogP contribution in [0, 0.1) is 17.5 Å². The van der Waals surface area contributed by atoms with Crippen molar-refractivity contribution in [3.8, 4) is 11.3 Å². The number of rotatable bonds is 2. The smallest absolute Gasteiger partial charge is 0.128 e. The summed E-state index contributed by atoms with van der Waals surface area (Å²) in [5.41, 5.74) is 7.42. The summed E-state index contributed by atoms with van der Waals surface area (Å²) in [5, 5.41) is 7.61. The largest absolute Gasteiger partial charge is 0.500 e. The van der Waals surface area contributed by atoms with Crippen LogP contribution in [-0.4, -0.2) is 14.4 Å². The Morgan fingerprint density at radius 3 is 2.29 bits per heavy atom. The number of hydrogen-bond acceptors (Lipinski definition) is 3. The van der Waals surface area contributed by atoms with Gasteiger partial charge < -0.3 is 13.8 Å². The van der Waals surface area contributed by atoms with E-state index in [9.17, 15) is 0 Å². The number of imidazole rings is 1. The van der Waals surface area contributed by atoms with Crippen LogP contribution in [-0.2, 0) is 26.5 Å². The second kappa shape index (κ2) is 13.5. The van der Waals surface area contributed by atoms with Crippen molar-refractivity contribution in [2.75, 3.05) is 0 Å². The maximum absolute atomic E-state index is 8.31. The molecule has 255 valence electrons. The zero-order chi connectivity index (χ0) is 36.3. The number of nitrogens with zero attached hydrogens (tertiary/aromatic N) is 3. The molecule has 0 spiro atoms. The summed E-state index contributed by atoms with van der Waals surface area (Å²) >= 11 is 0. The Morgan fingerprint density at radius 1 is 0.692 bits per heavy atom. The molecule has 6 aromatic carbocycles. The van der Waals surface area contributed by atoms with Gasteiger partial charge in [-0.15, -0.1) is 54.1 Å². The summed E-state index contributed by atoms with van der Waals surface area (Å²) in [5.74, 6) is 0. The minimum atomic E-state index is -1.40. The molecule has 0 aliphatic rings. The molecule has 0 N–H and O–H groups in total.